The number of anilines is 2. The summed E-state index contributed by atoms with van der Waals surface area (Å²) in [5.74, 6) is 0. The molecule has 0 saturated carbocycles. The highest BCUT2D eigenvalue weighted by molar-refractivity contribution is 7.86. The Labute approximate surface area is 164 Å². The van der Waals surface area contributed by atoms with Crippen LogP contribution in [-0.4, -0.2) is 19.0 Å². The fraction of sp³-hybridized carbons (Fsp3) is 0.0952. The molecule has 3 aromatic rings. The van der Waals surface area contributed by atoms with E-state index in [1.54, 1.807) is 36.4 Å². The van der Waals surface area contributed by atoms with Crippen molar-refractivity contribution in [2.24, 2.45) is 0 Å². The zero-order chi connectivity index (χ0) is 20.3. The molecule has 0 atom stereocenters. The number of hydrogen-bond acceptors (Lipinski definition) is 3. The van der Waals surface area contributed by atoms with Crippen LogP contribution in [0.15, 0.2) is 71.6 Å². The van der Waals surface area contributed by atoms with Crippen molar-refractivity contribution in [3.63, 3.8) is 0 Å². The van der Waals surface area contributed by atoms with Crippen LogP contribution in [0.2, 0.25) is 0 Å². The Morgan fingerprint density at radius 3 is 1.82 bits per heavy atom. The summed E-state index contributed by atoms with van der Waals surface area (Å²) in [6, 6.07) is 18.4. The van der Waals surface area contributed by atoms with Crippen molar-refractivity contribution in [2.75, 3.05) is 10.6 Å². The van der Waals surface area contributed by atoms with Gasteiger partial charge in [-0.2, -0.15) is 8.42 Å². The monoisotopic (exact) mass is 396 g/mol. The van der Waals surface area contributed by atoms with E-state index in [1.807, 2.05) is 38.1 Å². The van der Waals surface area contributed by atoms with Gasteiger partial charge in [0.15, 0.2) is 0 Å². The Balaban J connectivity index is 1.78. The van der Waals surface area contributed by atoms with Crippen LogP contribution in [-0.2, 0) is 10.1 Å². The fourth-order valence-corrected chi connectivity index (χ4v) is 3.45. The van der Waals surface area contributed by atoms with Crippen molar-refractivity contribution in [1.29, 1.82) is 0 Å². The van der Waals surface area contributed by atoms with Crippen LogP contribution in [0.4, 0.5) is 16.2 Å². The second kappa shape index (κ2) is 7.84. The molecule has 0 heterocycles. The summed E-state index contributed by atoms with van der Waals surface area (Å²) in [4.78, 5) is 12.0. The summed E-state index contributed by atoms with van der Waals surface area (Å²) in [7, 11) is -4.34. The van der Waals surface area contributed by atoms with Crippen LogP contribution >= 0.6 is 0 Å². The van der Waals surface area contributed by atoms with Crippen molar-refractivity contribution in [3.05, 3.63) is 77.9 Å². The maximum absolute atomic E-state index is 12.1. The molecule has 0 aromatic heterocycles. The highest BCUT2D eigenvalue weighted by atomic mass is 32.2. The van der Waals surface area contributed by atoms with Gasteiger partial charge in [0.25, 0.3) is 10.1 Å². The van der Waals surface area contributed by atoms with Crippen LogP contribution < -0.4 is 10.6 Å². The number of amides is 2. The van der Waals surface area contributed by atoms with E-state index in [0.717, 1.165) is 11.1 Å². The normalized spacial score (nSPS) is 11.1. The molecule has 3 rings (SSSR count). The number of nitrogens with one attached hydrogen (secondary N) is 2. The zero-order valence-electron chi connectivity index (χ0n) is 15.4. The summed E-state index contributed by atoms with van der Waals surface area (Å²) in [5.41, 5.74) is 4.20. The lowest BCUT2D eigenvalue weighted by Crippen LogP contribution is -2.19. The van der Waals surface area contributed by atoms with Gasteiger partial charge in [0.2, 0.25) is 0 Å². The van der Waals surface area contributed by atoms with Gasteiger partial charge in [-0.1, -0.05) is 47.5 Å². The van der Waals surface area contributed by atoms with E-state index in [4.69, 9.17) is 0 Å². The predicted octanol–water partition coefficient (Wildman–Crippen LogP) is 4.86. The van der Waals surface area contributed by atoms with Gasteiger partial charge in [0, 0.05) is 16.9 Å². The highest BCUT2D eigenvalue weighted by Crippen LogP contribution is 2.29. The number of carbonyl (C=O) groups excluding carboxylic acids is 1. The molecule has 28 heavy (non-hydrogen) atoms. The van der Waals surface area contributed by atoms with E-state index in [2.05, 4.69) is 10.6 Å². The van der Waals surface area contributed by atoms with Crippen molar-refractivity contribution in [1.82, 2.24) is 0 Å². The molecule has 0 aliphatic carbocycles. The molecular formula is C21H20N2O4S. The van der Waals surface area contributed by atoms with Gasteiger partial charge in [0.05, 0.1) is 0 Å². The molecule has 0 radical (unpaired) electrons. The number of urea groups is 1. The van der Waals surface area contributed by atoms with Crippen LogP contribution in [0, 0.1) is 13.8 Å². The largest absolute Gasteiger partial charge is 0.323 e. The average Bonchev–Trinajstić information content (AvgIpc) is 2.63. The van der Waals surface area contributed by atoms with Crippen molar-refractivity contribution < 1.29 is 17.8 Å². The maximum atomic E-state index is 12.1. The minimum atomic E-state index is -4.34. The molecule has 7 heteroatoms. The second-order valence-electron chi connectivity index (χ2n) is 6.50. The maximum Gasteiger partial charge on any atom is 0.323 e. The van der Waals surface area contributed by atoms with Crippen LogP contribution in [0.25, 0.3) is 11.1 Å². The third kappa shape index (κ3) is 4.76. The molecule has 0 aliphatic rings. The topological polar surface area (TPSA) is 95.5 Å². The smallest absolute Gasteiger partial charge is 0.308 e. The molecule has 0 spiro atoms. The third-order valence-electron chi connectivity index (χ3n) is 4.18. The minimum Gasteiger partial charge on any atom is -0.308 e. The molecular weight excluding hydrogens is 376 g/mol. The SMILES string of the molecule is Cc1ccc(NC(=O)Nc2ccc(-c3cc(C)ccc3S(=O)(=O)O)cc2)cc1. The number of hydrogen-bond donors (Lipinski definition) is 3. The van der Waals surface area contributed by atoms with Crippen LogP contribution in [0.5, 0.6) is 0 Å². The lowest BCUT2D eigenvalue weighted by molar-refractivity contribution is 0.262. The lowest BCUT2D eigenvalue weighted by atomic mass is 10.0. The first kappa shape index (κ1) is 19.6. The Morgan fingerprint density at radius 2 is 1.29 bits per heavy atom. The molecule has 3 aromatic carbocycles. The molecule has 0 aliphatic heterocycles. The fourth-order valence-electron chi connectivity index (χ4n) is 2.76. The third-order valence-corrected chi connectivity index (χ3v) is 5.09. The average molecular weight is 396 g/mol. The molecule has 2 amide bonds. The molecule has 6 nitrogen and oxygen atoms in total. The molecule has 3 N–H and O–H groups in total. The summed E-state index contributed by atoms with van der Waals surface area (Å²) in [6.45, 7) is 3.80. The lowest BCUT2D eigenvalue weighted by Gasteiger charge is -2.11. The van der Waals surface area contributed by atoms with E-state index in [-0.39, 0.29) is 10.9 Å². The van der Waals surface area contributed by atoms with Gasteiger partial charge in [-0.15, -0.1) is 0 Å². The van der Waals surface area contributed by atoms with Gasteiger partial charge in [-0.3, -0.25) is 4.55 Å². The Morgan fingerprint density at radius 1 is 0.786 bits per heavy atom. The molecule has 0 saturated heterocycles. The highest BCUT2D eigenvalue weighted by Gasteiger charge is 2.16. The predicted molar refractivity (Wildman–Crippen MR) is 110 cm³/mol. The van der Waals surface area contributed by atoms with Crippen LogP contribution in [0.3, 0.4) is 0 Å². The van der Waals surface area contributed by atoms with Gasteiger partial charge >= 0.3 is 6.03 Å². The van der Waals surface area contributed by atoms with Gasteiger partial charge < -0.3 is 10.6 Å². The summed E-state index contributed by atoms with van der Waals surface area (Å²) >= 11 is 0. The van der Waals surface area contributed by atoms with Crippen molar-refractivity contribution in [3.8, 4) is 11.1 Å². The van der Waals surface area contributed by atoms with Crippen molar-refractivity contribution in [2.45, 2.75) is 18.7 Å². The van der Waals surface area contributed by atoms with Gasteiger partial charge in [-0.05, 0) is 49.7 Å². The van der Waals surface area contributed by atoms with E-state index >= 15 is 0 Å². The quantitative estimate of drug-likeness (QED) is 0.549. The van der Waals surface area contributed by atoms with Gasteiger partial charge in [0.1, 0.15) is 4.90 Å². The number of carbonyl (C=O) groups is 1. The second-order valence-corrected chi connectivity index (χ2v) is 7.89. The first-order chi connectivity index (χ1) is 13.2. The Kier molecular flexibility index (Phi) is 5.48. The van der Waals surface area contributed by atoms with Crippen molar-refractivity contribution >= 4 is 27.5 Å². The molecule has 0 bridgehead atoms. The van der Waals surface area contributed by atoms with E-state index in [1.165, 1.54) is 6.07 Å². The number of aryl methyl sites for hydroxylation is 2. The number of rotatable bonds is 4. The van der Waals surface area contributed by atoms with Crippen LogP contribution in [0.1, 0.15) is 11.1 Å². The van der Waals surface area contributed by atoms with Gasteiger partial charge in [-0.25, -0.2) is 4.79 Å². The first-order valence-corrected chi connectivity index (χ1v) is 9.99. The van der Waals surface area contributed by atoms with E-state index in [9.17, 15) is 17.8 Å². The standard InChI is InChI=1S/C21H20N2O4S/c1-14-3-8-17(9-4-14)22-21(24)23-18-10-6-16(7-11-18)19-13-15(2)5-12-20(19)28(25,26)27/h3-13H,1-2H3,(H2,22,23,24)(H,25,26,27). The molecule has 0 fully saturated rings. The summed E-state index contributed by atoms with van der Waals surface area (Å²) in [6.07, 6.45) is 0. The Hall–Kier alpha value is -3.16. The summed E-state index contributed by atoms with van der Waals surface area (Å²) < 4.78 is 32.7. The summed E-state index contributed by atoms with van der Waals surface area (Å²) in [5, 5.41) is 5.46. The Bertz CT molecular complexity index is 1110. The number of benzene rings is 3. The van der Waals surface area contributed by atoms with E-state index in [0.29, 0.717) is 22.5 Å². The minimum absolute atomic E-state index is 0.157. The zero-order valence-corrected chi connectivity index (χ0v) is 16.2. The first-order valence-electron chi connectivity index (χ1n) is 8.55. The molecule has 0 unspecified atom stereocenters. The van der Waals surface area contributed by atoms with E-state index < -0.39 is 10.1 Å². The molecule has 144 valence electrons.